The molecule has 0 amide bonds. The lowest BCUT2D eigenvalue weighted by molar-refractivity contribution is 0.0576. The van der Waals surface area contributed by atoms with Crippen molar-refractivity contribution >= 4 is 0 Å². The van der Waals surface area contributed by atoms with Gasteiger partial charge in [0.15, 0.2) is 0 Å². The van der Waals surface area contributed by atoms with Gasteiger partial charge in [0.2, 0.25) is 0 Å². The van der Waals surface area contributed by atoms with Crippen molar-refractivity contribution < 1.29 is 14.9 Å². The van der Waals surface area contributed by atoms with Gasteiger partial charge in [-0.15, -0.1) is 0 Å². The molecule has 0 spiro atoms. The number of aliphatic hydroxyl groups excluding tert-OH is 2. The molecular weight excluding hydrogens is 168 g/mol. The Morgan fingerprint density at radius 2 is 2.15 bits per heavy atom. The predicted molar refractivity (Wildman–Crippen MR) is 52.3 cm³/mol. The lowest BCUT2D eigenvalue weighted by Gasteiger charge is -2.13. The zero-order valence-electron chi connectivity index (χ0n) is 8.49. The van der Waals surface area contributed by atoms with E-state index in [2.05, 4.69) is 6.92 Å². The summed E-state index contributed by atoms with van der Waals surface area (Å²) in [6, 6.07) is 0. The summed E-state index contributed by atoms with van der Waals surface area (Å²) < 4.78 is 5.30. The molecule has 0 saturated carbocycles. The van der Waals surface area contributed by atoms with E-state index in [1.807, 2.05) is 0 Å². The Bertz CT molecular complexity index is 143. The largest absolute Gasteiger partial charge is 0.495 e. The van der Waals surface area contributed by atoms with Crippen LogP contribution in [-0.2, 0) is 4.74 Å². The second-order valence-electron chi connectivity index (χ2n) is 2.94. The number of aliphatic hydroxyl groups is 2. The first kappa shape index (κ1) is 12.5. The summed E-state index contributed by atoms with van der Waals surface area (Å²) in [6.45, 7) is 4.24. The molecule has 0 saturated heterocycles. The molecule has 3 nitrogen and oxygen atoms in total. The highest BCUT2D eigenvalue weighted by molar-refractivity contribution is 4.97. The maximum atomic E-state index is 9.23. The molecule has 0 fully saturated rings. The molecule has 13 heavy (non-hydrogen) atoms. The highest BCUT2D eigenvalue weighted by atomic mass is 16.5. The number of unbranched alkanes of at least 4 members (excludes halogenated alkanes) is 2. The lowest BCUT2D eigenvalue weighted by atomic mass is 10.2. The van der Waals surface area contributed by atoms with Gasteiger partial charge in [0, 0.05) is 0 Å². The van der Waals surface area contributed by atoms with Crippen LogP contribution in [0, 0.1) is 0 Å². The van der Waals surface area contributed by atoms with Gasteiger partial charge in [0.05, 0.1) is 13.2 Å². The van der Waals surface area contributed by atoms with Crippen LogP contribution in [-0.4, -0.2) is 29.5 Å². The fourth-order valence-electron chi connectivity index (χ4n) is 1.00. The highest BCUT2D eigenvalue weighted by Gasteiger charge is 2.08. The van der Waals surface area contributed by atoms with Crippen molar-refractivity contribution in [2.75, 3.05) is 13.2 Å². The first-order valence-electron chi connectivity index (χ1n) is 4.84. The Kier molecular flexibility index (Phi) is 7.74. The van der Waals surface area contributed by atoms with E-state index in [0.29, 0.717) is 12.4 Å². The van der Waals surface area contributed by atoms with Gasteiger partial charge in [0.25, 0.3) is 0 Å². The molecule has 0 aliphatic rings. The number of ether oxygens (including phenoxy) is 1. The smallest absolute Gasteiger partial charge is 0.134 e. The molecular formula is C10H20O3. The first-order valence-corrected chi connectivity index (χ1v) is 4.84. The van der Waals surface area contributed by atoms with Gasteiger partial charge in [-0.05, 0) is 19.4 Å². The zero-order chi connectivity index (χ0) is 10.1. The van der Waals surface area contributed by atoms with E-state index in [0.717, 1.165) is 19.3 Å². The van der Waals surface area contributed by atoms with E-state index in [1.54, 1.807) is 13.0 Å². The minimum Gasteiger partial charge on any atom is -0.495 e. The van der Waals surface area contributed by atoms with Crippen LogP contribution in [0.1, 0.15) is 33.1 Å². The molecule has 0 heterocycles. The summed E-state index contributed by atoms with van der Waals surface area (Å²) in [5.74, 6) is 0.471. The maximum Gasteiger partial charge on any atom is 0.134 e. The molecule has 0 aromatic carbocycles. The quantitative estimate of drug-likeness (QED) is 0.469. The van der Waals surface area contributed by atoms with Gasteiger partial charge >= 0.3 is 0 Å². The SMILES string of the molecule is CC=C(OCCCCC)C(O)CO. The van der Waals surface area contributed by atoms with Gasteiger partial charge in [-0.2, -0.15) is 0 Å². The lowest BCUT2D eigenvalue weighted by Crippen LogP contribution is -2.17. The van der Waals surface area contributed by atoms with Crippen LogP contribution >= 0.6 is 0 Å². The van der Waals surface area contributed by atoms with Crippen molar-refractivity contribution in [2.24, 2.45) is 0 Å². The maximum absolute atomic E-state index is 9.23. The van der Waals surface area contributed by atoms with Crippen LogP contribution in [0.2, 0.25) is 0 Å². The van der Waals surface area contributed by atoms with Gasteiger partial charge in [-0.25, -0.2) is 0 Å². The first-order chi connectivity index (χ1) is 6.26. The second-order valence-corrected chi connectivity index (χ2v) is 2.94. The number of hydrogen-bond donors (Lipinski definition) is 2. The summed E-state index contributed by atoms with van der Waals surface area (Å²) in [5.41, 5.74) is 0. The molecule has 78 valence electrons. The van der Waals surface area contributed by atoms with E-state index >= 15 is 0 Å². The van der Waals surface area contributed by atoms with E-state index in [4.69, 9.17) is 9.84 Å². The Labute approximate surface area is 80.0 Å². The Morgan fingerprint density at radius 3 is 2.62 bits per heavy atom. The standard InChI is InChI=1S/C10H20O3/c1-3-5-6-7-13-10(4-2)9(12)8-11/h4,9,11-12H,3,5-8H2,1-2H3. The molecule has 1 unspecified atom stereocenters. The van der Waals surface area contributed by atoms with Crippen LogP contribution in [0.4, 0.5) is 0 Å². The fourth-order valence-corrected chi connectivity index (χ4v) is 1.00. The Balaban J connectivity index is 3.61. The van der Waals surface area contributed by atoms with E-state index in [-0.39, 0.29) is 6.61 Å². The van der Waals surface area contributed by atoms with E-state index < -0.39 is 6.10 Å². The van der Waals surface area contributed by atoms with Crippen LogP contribution < -0.4 is 0 Å². The van der Waals surface area contributed by atoms with Crippen LogP contribution in [0.5, 0.6) is 0 Å². The van der Waals surface area contributed by atoms with Crippen molar-refractivity contribution in [3.63, 3.8) is 0 Å². The van der Waals surface area contributed by atoms with Gasteiger partial charge in [-0.1, -0.05) is 19.8 Å². The summed E-state index contributed by atoms with van der Waals surface area (Å²) in [4.78, 5) is 0. The highest BCUT2D eigenvalue weighted by Crippen LogP contribution is 2.05. The summed E-state index contributed by atoms with van der Waals surface area (Å²) >= 11 is 0. The molecule has 0 aromatic rings. The Hall–Kier alpha value is -0.540. The normalized spacial score (nSPS) is 14.3. The second kappa shape index (κ2) is 8.08. The Morgan fingerprint density at radius 1 is 1.46 bits per heavy atom. The minimum absolute atomic E-state index is 0.284. The van der Waals surface area contributed by atoms with Crippen molar-refractivity contribution in [3.05, 3.63) is 11.8 Å². The third-order valence-corrected chi connectivity index (χ3v) is 1.80. The minimum atomic E-state index is -0.869. The summed E-state index contributed by atoms with van der Waals surface area (Å²) in [6.07, 6.45) is 4.09. The van der Waals surface area contributed by atoms with Crippen LogP contribution in [0.3, 0.4) is 0 Å². The summed E-state index contributed by atoms with van der Waals surface area (Å²) in [5, 5.41) is 17.9. The molecule has 0 aliphatic heterocycles. The summed E-state index contributed by atoms with van der Waals surface area (Å²) in [7, 11) is 0. The van der Waals surface area contributed by atoms with Gasteiger partial charge in [-0.3, -0.25) is 0 Å². The molecule has 0 aromatic heterocycles. The average Bonchev–Trinajstić information content (AvgIpc) is 2.17. The number of allylic oxidation sites excluding steroid dienone is 1. The number of rotatable bonds is 7. The van der Waals surface area contributed by atoms with Crippen molar-refractivity contribution in [2.45, 2.75) is 39.2 Å². The van der Waals surface area contributed by atoms with Gasteiger partial charge < -0.3 is 14.9 Å². The van der Waals surface area contributed by atoms with E-state index in [9.17, 15) is 5.11 Å². The predicted octanol–water partition coefficient (Wildman–Crippen LogP) is 1.45. The molecule has 0 aliphatic carbocycles. The molecule has 0 radical (unpaired) electrons. The third kappa shape index (κ3) is 5.66. The van der Waals surface area contributed by atoms with Gasteiger partial charge in [0.1, 0.15) is 11.9 Å². The molecule has 0 rings (SSSR count). The molecule has 2 N–H and O–H groups in total. The monoisotopic (exact) mass is 188 g/mol. The average molecular weight is 188 g/mol. The van der Waals surface area contributed by atoms with Crippen LogP contribution in [0.25, 0.3) is 0 Å². The van der Waals surface area contributed by atoms with Crippen LogP contribution in [0.15, 0.2) is 11.8 Å². The van der Waals surface area contributed by atoms with E-state index in [1.165, 1.54) is 0 Å². The molecule has 3 heteroatoms. The van der Waals surface area contributed by atoms with Crippen molar-refractivity contribution in [1.82, 2.24) is 0 Å². The zero-order valence-corrected chi connectivity index (χ0v) is 8.49. The fraction of sp³-hybridized carbons (Fsp3) is 0.800. The third-order valence-electron chi connectivity index (χ3n) is 1.80. The number of hydrogen-bond acceptors (Lipinski definition) is 3. The van der Waals surface area contributed by atoms with Crippen molar-refractivity contribution in [1.29, 1.82) is 0 Å². The molecule has 1 atom stereocenters. The van der Waals surface area contributed by atoms with Crippen molar-refractivity contribution in [3.8, 4) is 0 Å². The topological polar surface area (TPSA) is 49.7 Å². The molecule has 0 bridgehead atoms.